The fourth-order valence-electron chi connectivity index (χ4n) is 3.50. The minimum absolute atomic E-state index is 0.0400. The zero-order chi connectivity index (χ0) is 19.7. The Hall–Kier alpha value is -2.49. The van der Waals surface area contributed by atoms with Crippen LogP contribution in [0.3, 0.4) is 0 Å². The number of carbonyl (C=O) groups excluding carboxylic acids is 1. The van der Waals surface area contributed by atoms with Crippen LogP contribution in [0.25, 0.3) is 0 Å². The molecule has 1 amide bonds. The fraction of sp³-hybridized carbons (Fsp3) is 0.368. The van der Waals surface area contributed by atoms with Crippen LogP contribution in [-0.2, 0) is 26.0 Å². The molecule has 148 valence electrons. The van der Waals surface area contributed by atoms with Crippen molar-refractivity contribution in [2.75, 3.05) is 43.1 Å². The van der Waals surface area contributed by atoms with Crippen LogP contribution >= 0.6 is 0 Å². The van der Waals surface area contributed by atoms with Crippen LogP contribution in [0.15, 0.2) is 41.4 Å². The first-order chi connectivity index (χ1) is 13.4. The zero-order valence-electron chi connectivity index (χ0n) is 15.6. The molecule has 2 aliphatic rings. The average Bonchev–Trinajstić information content (AvgIpc) is 3.13. The molecule has 8 nitrogen and oxygen atoms in total. The summed E-state index contributed by atoms with van der Waals surface area (Å²) in [7, 11) is -3.55. The second kappa shape index (κ2) is 7.50. The molecule has 0 atom stereocenters. The highest BCUT2D eigenvalue weighted by Gasteiger charge is 2.26. The second-order valence-electron chi connectivity index (χ2n) is 6.78. The van der Waals surface area contributed by atoms with E-state index in [1.807, 2.05) is 18.2 Å². The number of anilines is 3. The van der Waals surface area contributed by atoms with Crippen molar-refractivity contribution in [3.63, 3.8) is 0 Å². The van der Waals surface area contributed by atoms with E-state index in [0.29, 0.717) is 38.7 Å². The molecule has 0 aliphatic carbocycles. The predicted octanol–water partition coefficient (Wildman–Crippen LogP) is 1.76. The highest BCUT2D eigenvalue weighted by molar-refractivity contribution is 7.89. The molecular weight excluding hydrogens is 380 g/mol. The molecule has 28 heavy (non-hydrogen) atoms. The molecule has 1 fully saturated rings. The average molecular weight is 402 g/mol. The summed E-state index contributed by atoms with van der Waals surface area (Å²) in [5.41, 5.74) is 2.89. The van der Waals surface area contributed by atoms with Crippen molar-refractivity contribution < 1.29 is 17.9 Å². The monoisotopic (exact) mass is 402 g/mol. The third kappa shape index (κ3) is 3.60. The van der Waals surface area contributed by atoms with Gasteiger partial charge < -0.3 is 15.0 Å². The standard InChI is InChI=1S/C19H22N4O4S/c1-14(24)23-7-6-15-12-16(2-4-18(15)23)21-19-5-3-17(13-20-19)28(25,26)22-8-10-27-11-9-22/h2-5,12-13H,6-11H2,1H3,(H,20,21). The SMILES string of the molecule is CC(=O)N1CCc2cc(Nc3ccc(S(=O)(=O)N4CCOCC4)cn3)ccc21. The van der Waals surface area contributed by atoms with Crippen LogP contribution < -0.4 is 10.2 Å². The maximum atomic E-state index is 12.6. The van der Waals surface area contributed by atoms with Gasteiger partial charge in [-0.15, -0.1) is 0 Å². The number of sulfonamides is 1. The van der Waals surface area contributed by atoms with Gasteiger partial charge in [-0.05, 0) is 42.3 Å². The molecule has 2 aromatic rings. The van der Waals surface area contributed by atoms with Crippen molar-refractivity contribution in [2.24, 2.45) is 0 Å². The van der Waals surface area contributed by atoms with Gasteiger partial charge in [-0.3, -0.25) is 4.79 Å². The Labute approximate surface area is 164 Å². The molecular formula is C19H22N4O4S. The number of benzene rings is 1. The lowest BCUT2D eigenvalue weighted by molar-refractivity contribution is -0.116. The number of pyridine rings is 1. The van der Waals surface area contributed by atoms with Crippen molar-refractivity contribution in [3.05, 3.63) is 42.1 Å². The Bertz CT molecular complexity index is 985. The van der Waals surface area contributed by atoms with Gasteiger partial charge in [0, 0.05) is 44.1 Å². The number of ether oxygens (including phenoxy) is 1. The minimum Gasteiger partial charge on any atom is -0.379 e. The van der Waals surface area contributed by atoms with Crippen molar-refractivity contribution in [3.8, 4) is 0 Å². The van der Waals surface area contributed by atoms with Crippen LogP contribution in [0.5, 0.6) is 0 Å². The topological polar surface area (TPSA) is 91.8 Å². The third-order valence-electron chi connectivity index (χ3n) is 4.97. The molecule has 9 heteroatoms. The summed E-state index contributed by atoms with van der Waals surface area (Å²) in [6, 6.07) is 9.02. The quantitative estimate of drug-likeness (QED) is 0.838. The van der Waals surface area contributed by atoms with E-state index < -0.39 is 10.0 Å². The largest absolute Gasteiger partial charge is 0.379 e. The fourth-order valence-corrected chi connectivity index (χ4v) is 4.85. The van der Waals surface area contributed by atoms with E-state index in [0.717, 1.165) is 23.4 Å². The molecule has 4 rings (SSSR count). The van der Waals surface area contributed by atoms with E-state index in [9.17, 15) is 13.2 Å². The first-order valence-corrected chi connectivity index (χ1v) is 10.6. The zero-order valence-corrected chi connectivity index (χ0v) is 16.4. The molecule has 1 aromatic carbocycles. The van der Waals surface area contributed by atoms with E-state index in [2.05, 4.69) is 10.3 Å². The van der Waals surface area contributed by atoms with Gasteiger partial charge in [0.1, 0.15) is 10.7 Å². The Morgan fingerprint density at radius 3 is 2.61 bits per heavy atom. The summed E-state index contributed by atoms with van der Waals surface area (Å²) < 4.78 is 31.9. The van der Waals surface area contributed by atoms with Crippen LogP contribution in [0.2, 0.25) is 0 Å². The lowest BCUT2D eigenvalue weighted by Gasteiger charge is -2.25. The van der Waals surface area contributed by atoms with Crippen LogP contribution in [0.1, 0.15) is 12.5 Å². The first-order valence-electron chi connectivity index (χ1n) is 9.17. The molecule has 0 bridgehead atoms. The number of aromatic nitrogens is 1. The van der Waals surface area contributed by atoms with Crippen LogP contribution in [-0.4, -0.2) is 56.5 Å². The molecule has 3 heterocycles. The van der Waals surface area contributed by atoms with Gasteiger partial charge >= 0.3 is 0 Å². The number of carbonyl (C=O) groups is 1. The van der Waals surface area contributed by atoms with Crippen molar-refractivity contribution in [1.82, 2.24) is 9.29 Å². The number of fused-ring (bicyclic) bond motifs is 1. The number of nitrogens with one attached hydrogen (secondary N) is 1. The van der Waals surface area contributed by atoms with Gasteiger partial charge in [-0.25, -0.2) is 13.4 Å². The van der Waals surface area contributed by atoms with Gasteiger partial charge in [0.15, 0.2) is 0 Å². The van der Waals surface area contributed by atoms with E-state index in [-0.39, 0.29) is 10.8 Å². The molecule has 2 aliphatic heterocycles. The molecule has 1 aromatic heterocycles. The maximum Gasteiger partial charge on any atom is 0.244 e. The number of hydrogen-bond donors (Lipinski definition) is 1. The maximum absolute atomic E-state index is 12.6. The van der Waals surface area contributed by atoms with Crippen molar-refractivity contribution in [1.29, 1.82) is 0 Å². The van der Waals surface area contributed by atoms with E-state index in [1.165, 1.54) is 10.5 Å². The normalized spacial score (nSPS) is 17.4. The smallest absolute Gasteiger partial charge is 0.244 e. The predicted molar refractivity (Wildman–Crippen MR) is 105 cm³/mol. The molecule has 0 saturated carbocycles. The number of morpholine rings is 1. The molecule has 1 N–H and O–H groups in total. The molecule has 1 saturated heterocycles. The Balaban J connectivity index is 1.49. The van der Waals surface area contributed by atoms with E-state index in [1.54, 1.807) is 24.0 Å². The minimum atomic E-state index is -3.55. The summed E-state index contributed by atoms with van der Waals surface area (Å²) in [5, 5.41) is 3.19. The highest BCUT2D eigenvalue weighted by Crippen LogP contribution is 2.31. The molecule has 0 spiro atoms. The number of rotatable bonds is 4. The summed E-state index contributed by atoms with van der Waals surface area (Å²) in [6.07, 6.45) is 2.19. The lowest BCUT2D eigenvalue weighted by atomic mass is 10.1. The summed E-state index contributed by atoms with van der Waals surface area (Å²) >= 11 is 0. The number of amides is 1. The first kappa shape index (κ1) is 18.9. The van der Waals surface area contributed by atoms with Gasteiger partial charge in [-0.1, -0.05) is 0 Å². The van der Waals surface area contributed by atoms with Gasteiger partial charge in [0.05, 0.1) is 13.2 Å². The summed E-state index contributed by atoms with van der Waals surface area (Å²) in [5.74, 6) is 0.598. The van der Waals surface area contributed by atoms with E-state index >= 15 is 0 Å². The second-order valence-corrected chi connectivity index (χ2v) is 8.72. The van der Waals surface area contributed by atoms with Gasteiger partial charge in [-0.2, -0.15) is 4.31 Å². The van der Waals surface area contributed by atoms with Gasteiger partial charge in [0.25, 0.3) is 0 Å². The third-order valence-corrected chi connectivity index (χ3v) is 6.85. The Morgan fingerprint density at radius 1 is 1.14 bits per heavy atom. The Morgan fingerprint density at radius 2 is 1.93 bits per heavy atom. The summed E-state index contributed by atoms with van der Waals surface area (Å²) in [6.45, 7) is 3.79. The summed E-state index contributed by atoms with van der Waals surface area (Å²) in [4.78, 5) is 17.9. The van der Waals surface area contributed by atoms with Crippen LogP contribution in [0.4, 0.5) is 17.2 Å². The highest BCUT2D eigenvalue weighted by atomic mass is 32.2. The van der Waals surface area contributed by atoms with E-state index in [4.69, 9.17) is 4.74 Å². The van der Waals surface area contributed by atoms with Crippen molar-refractivity contribution in [2.45, 2.75) is 18.2 Å². The van der Waals surface area contributed by atoms with Crippen molar-refractivity contribution >= 4 is 33.1 Å². The number of nitrogens with zero attached hydrogens (tertiary/aromatic N) is 3. The molecule has 0 radical (unpaired) electrons. The Kier molecular flexibility index (Phi) is 5.05. The lowest BCUT2D eigenvalue weighted by Crippen LogP contribution is -2.40. The van der Waals surface area contributed by atoms with Crippen LogP contribution in [0, 0.1) is 0 Å². The molecule has 0 unspecified atom stereocenters. The number of hydrogen-bond acceptors (Lipinski definition) is 6. The van der Waals surface area contributed by atoms with Gasteiger partial charge in [0.2, 0.25) is 15.9 Å².